The minimum absolute atomic E-state index is 0.471. The van der Waals surface area contributed by atoms with Gasteiger partial charge in [0, 0.05) is 50.0 Å². The predicted octanol–water partition coefficient (Wildman–Crippen LogP) is 2.15. The van der Waals surface area contributed by atoms with E-state index in [0.717, 1.165) is 43.8 Å². The van der Waals surface area contributed by atoms with E-state index in [9.17, 15) is 0 Å². The predicted molar refractivity (Wildman–Crippen MR) is 79.6 cm³/mol. The van der Waals surface area contributed by atoms with Crippen molar-refractivity contribution in [1.82, 2.24) is 9.88 Å². The number of anilines is 1. The van der Waals surface area contributed by atoms with Crippen molar-refractivity contribution >= 4 is 21.6 Å². The second kappa shape index (κ2) is 6.20. The van der Waals surface area contributed by atoms with E-state index in [1.54, 1.807) is 0 Å². The van der Waals surface area contributed by atoms with Gasteiger partial charge < -0.3 is 9.64 Å². The molecule has 2 fully saturated rings. The van der Waals surface area contributed by atoms with E-state index >= 15 is 0 Å². The number of hydrogen-bond acceptors (Lipinski definition) is 4. The van der Waals surface area contributed by atoms with Crippen LogP contribution in [0.15, 0.2) is 22.9 Å². The lowest BCUT2D eigenvalue weighted by Crippen LogP contribution is -2.48. The van der Waals surface area contributed by atoms with Crippen LogP contribution in [0, 0.1) is 0 Å². The minimum Gasteiger partial charge on any atom is -0.377 e. The van der Waals surface area contributed by atoms with Crippen LogP contribution in [-0.4, -0.2) is 55.3 Å². The number of piperazine rings is 1. The van der Waals surface area contributed by atoms with Crippen molar-refractivity contribution in [2.75, 3.05) is 44.2 Å². The lowest BCUT2D eigenvalue weighted by molar-refractivity contribution is 0.0713. The highest BCUT2D eigenvalue weighted by Gasteiger charge is 2.22. The molecule has 2 aliphatic heterocycles. The highest BCUT2D eigenvalue weighted by Crippen LogP contribution is 2.20. The zero-order chi connectivity index (χ0) is 13.1. The van der Waals surface area contributed by atoms with Gasteiger partial charge in [0.2, 0.25) is 0 Å². The Bertz CT molecular complexity index is 415. The molecule has 0 aliphatic carbocycles. The average molecular weight is 326 g/mol. The monoisotopic (exact) mass is 325 g/mol. The van der Waals surface area contributed by atoms with E-state index in [2.05, 4.69) is 36.8 Å². The lowest BCUT2D eigenvalue weighted by Gasteiger charge is -2.36. The highest BCUT2D eigenvalue weighted by molar-refractivity contribution is 9.10. The number of pyridine rings is 1. The molecule has 3 rings (SSSR count). The van der Waals surface area contributed by atoms with Crippen LogP contribution >= 0.6 is 15.9 Å². The van der Waals surface area contributed by atoms with Gasteiger partial charge in [0.15, 0.2) is 0 Å². The topological polar surface area (TPSA) is 28.6 Å². The van der Waals surface area contributed by atoms with E-state index in [1.807, 2.05) is 12.4 Å². The second-order valence-corrected chi connectivity index (χ2v) is 6.20. The van der Waals surface area contributed by atoms with Gasteiger partial charge in [-0.2, -0.15) is 0 Å². The molecular weight excluding hydrogens is 306 g/mol. The van der Waals surface area contributed by atoms with Crippen LogP contribution in [0.5, 0.6) is 0 Å². The number of hydrogen-bond donors (Lipinski definition) is 0. The molecule has 0 saturated carbocycles. The first-order chi connectivity index (χ1) is 9.31. The highest BCUT2D eigenvalue weighted by atomic mass is 79.9. The molecule has 104 valence electrons. The summed E-state index contributed by atoms with van der Waals surface area (Å²) in [5.41, 5.74) is 1.21. The van der Waals surface area contributed by atoms with Crippen LogP contribution in [0.4, 0.5) is 5.69 Å². The van der Waals surface area contributed by atoms with Crippen LogP contribution < -0.4 is 4.90 Å². The molecule has 1 atom stereocenters. The summed E-state index contributed by atoms with van der Waals surface area (Å²) in [5.74, 6) is 0. The lowest BCUT2D eigenvalue weighted by atomic mass is 10.2. The first-order valence-corrected chi connectivity index (χ1v) is 7.80. The number of nitrogens with zero attached hydrogens (tertiary/aromatic N) is 3. The van der Waals surface area contributed by atoms with Gasteiger partial charge in [-0.15, -0.1) is 0 Å². The molecule has 5 heteroatoms. The maximum atomic E-state index is 5.71. The van der Waals surface area contributed by atoms with Gasteiger partial charge in [-0.05, 0) is 34.8 Å². The second-order valence-electron chi connectivity index (χ2n) is 5.28. The van der Waals surface area contributed by atoms with Crippen LogP contribution in [-0.2, 0) is 4.74 Å². The fourth-order valence-corrected chi connectivity index (χ4v) is 3.19. The van der Waals surface area contributed by atoms with Gasteiger partial charge in [0.05, 0.1) is 18.0 Å². The van der Waals surface area contributed by atoms with Crippen LogP contribution in [0.3, 0.4) is 0 Å². The smallest absolute Gasteiger partial charge is 0.0702 e. The minimum atomic E-state index is 0.471. The summed E-state index contributed by atoms with van der Waals surface area (Å²) >= 11 is 3.48. The Kier molecular flexibility index (Phi) is 4.35. The Morgan fingerprint density at radius 2 is 2.11 bits per heavy atom. The summed E-state index contributed by atoms with van der Waals surface area (Å²) < 4.78 is 6.76. The van der Waals surface area contributed by atoms with Crippen molar-refractivity contribution in [2.24, 2.45) is 0 Å². The molecule has 0 aromatic carbocycles. The molecule has 0 radical (unpaired) electrons. The van der Waals surface area contributed by atoms with Gasteiger partial charge in [-0.1, -0.05) is 0 Å². The van der Waals surface area contributed by atoms with Crippen LogP contribution in [0.2, 0.25) is 0 Å². The zero-order valence-corrected chi connectivity index (χ0v) is 12.7. The third-order valence-electron chi connectivity index (χ3n) is 3.91. The molecule has 1 aromatic rings. The van der Waals surface area contributed by atoms with Crippen molar-refractivity contribution in [3.63, 3.8) is 0 Å². The summed E-state index contributed by atoms with van der Waals surface area (Å²) in [4.78, 5) is 9.17. The summed E-state index contributed by atoms with van der Waals surface area (Å²) in [6.07, 6.45) is 6.71. The van der Waals surface area contributed by atoms with E-state index in [1.165, 1.54) is 18.5 Å². The summed E-state index contributed by atoms with van der Waals surface area (Å²) in [6, 6.07) is 2.14. The third kappa shape index (κ3) is 3.46. The van der Waals surface area contributed by atoms with Gasteiger partial charge in [0.1, 0.15) is 0 Å². The number of aromatic nitrogens is 1. The maximum Gasteiger partial charge on any atom is 0.0702 e. The molecule has 0 amide bonds. The molecule has 2 aliphatic rings. The first kappa shape index (κ1) is 13.3. The Morgan fingerprint density at radius 1 is 1.26 bits per heavy atom. The molecule has 4 nitrogen and oxygen atoms in total. The molecule has 2 saturated heterocycles. The average Bonchev–Trinajstić information content (AvgIpc) is 2.92. The van der Waals surface area contributed by atoms with Crippen molar-refractivity contribution < 1.29 is 4.74 Å². The largest absolute Gasteiger partial charge is 0.377 e. The standard InChI is InChI=1S/C14H20BrN3O/c15-12-8-13(10-16-9-12)18-5-3-17(4-6-18)11-14-2-1-7-19-14/h8-10,14H,1-7,11H2/t14-/m1/s1. The Balaban J connectivity index is 1.51. The molecule has 0 unspecified atom stereocenters. The Labute approximate surface area is 122 Å². The molecule has 0 spiro atoms. The van der Waals surface area contributed by atoms with Crippen molar-refractivity contribution in [2.45, 2.75) is 18.9 Å². The zero-order valence-electron chi connectivity index (χ0n) is 11.1. The Hall–Kier alpha value is -0.650. The fourth-order valence-electron chi connectivity index (χ4n) is 2.84. The quantitative estimate of drug-likeness (QED) is 0.851. The van der Waals surface area contributed by atoms with E-state index < -0.39 is 0 Å². The van der Waals surface area contributed by atoms with Gasteiger partial charge >= 0.3 is 0 Å². The molecular formula is C14H20BrN3O. The van der Waals surface area contributed by atoms with Gasteiger partial charge in [-0.25, -0.2) is 0 Å². The summed E-state index contributed by atoms with van der Waals surface area (Å²) in [6.45, 7) is 6.44. The van der Waals surface area contributed by atoms with E-state index in [0.29, 0.717) is 6.10 Å². The van der Waals surface area contributed by atoms with E-state index in [-0.39, 0.29) is 0 Å². The van der Waals surface area contributed by atoms with Crippen LogP contribution in [0.1, 0.15) is 12.8 Å². The third-order valence-corrected chi connectivity index (χ3v) is 4.35. The van der Waals surface area contributed by atoms with Crippen LogP contribution in [0.25, 0.3) is 0 Å². The van der Waals surface area contributed by atoms with Crippen molar-refractivity contribution in [3.05, 3.63) is 22.9 Å². The summed E-state index contributed by atoms with van der Waals surface area (Å²) in [5, 5.41) is 0. The van der Waals surface area contributed by atoms with Gasteiger partial charge in [-0.3, -0.25) is 9.88 Å². The van der Waals surface area contributed by atoms with E-state index in [4.69, 9.17) is 4.74 Å². The van der Waals surface area contributed by atoms with Crippen molar-refractivity contribution in [3.8, 4) is 0 Å². The van der Waals surface area contributed by atoms with Crippen molar-refractivity contribution in [1.29, 1.82) is 0 Å². The van der Waals surface area contributed by atoms with Gasteiger partial charge in [0.25, 0.3) is 0 Å². The fraction of sp³-hybridized carbons (Fsp3) is 0.643. The number of halogens is 1. The molecule has 1 aromatic heterocycles. The molecule has 19 heavy (non-hydrogen) atoms. The Morgan fingerprint density at radius 3 is 2.79 bits per heavy atom. The molecule has 3 heterocycles. The SMILES string of the molecule is Brc1cncc(N2CCN(C[C@H]3CCCO3)CC2)c1. The number of ether oxygens (including phenoxy) is 1. The first-order valence-electron chi connectivity index (χ1n) is 7.01. The molecule has 0 bridgehead atoms. The maximum absolute atomic E-state index is 5.71. The number of rotatable bonds is 3. The molecule has 0 N–H and O–H groups in total. The summed E-state index contributed by atoms with van der Waals surface area (Å²) in [7, 11) is 0. The normalized spacial score (nSPS) is 24.9.